The summed E-state index contributed by atoms with van der Waals surface area (Å²) in [5, 5.41) is 0. The largest absolute Gasteiger partial charge is 3.00 e. The van der Waals surface area contributed by atoms with Gasteiger partial charge in [-0.3, -0.25) is 0 Å². The van der Waals surface area contributed by atoms with Gasteiger partial charge in [0.25, 0.3) is 0 Å². The van der Waals surface area contributed by atoms with Gasteiger partial charge in [0.2, 0.25) is 0 Å². The van der Waals surface area contributed by atoms with E-state index in [9.17, 15) is 0 Å². The van der Waals surface area contributed by atoms with Gasteiger partial charge in [0, 0.05) is 0 Å². The predicted molar refractivity (Wildman–Crippen MR) is 11.5 cm³/mol. The Morgan fingerprint density at radius 3 is 0.600 bits per heavy atom. The maximum atomic E-state index is 0. The molecule has 0 atom stereocenters. The monoisotopic (exact) mass is 99.0 g/mol. The van der Waals surface area contributed by atoms with Crippen LogP contribution in [0.1, 0.15) is 0 Å². The third-order valence-electron chi connectivity index (χ3n) is 0. The molecule has 0 aromatic heterocycles. The van der Waals surface area contributed by atoms with E-state index in [0.717, 1.165) is 0 Å². The molecule has 0 aliphatic carbocycles. The van der Waals surface area contributed by atoms with Crippen molar-refractivity contribution in [2.45, 2.75) is 0 Å². The molecule has 0 fully saturated rings. The zero-order valence-electron chi connectivity index (χ0n) is 2.91. The van der Waals surface area contributed by atoms with Gasteiger partial charge in [-0.05, 0) is 0 Å². The average Bonchev–Trinajstić information content (AvgIpc) is 0. The van der Waals surface area contributed by atoms with Gasteiger partial charge in [-0.2, -0.15) is 0 Å². The van der Waals surface area contributed by atoms with Gasteiger partial charge in [-0.1, -0.05) is 0 Å². The van der Waals surface area contributed by atoms with E-state index in [4.69, 9.17) is 0 Å². The Morgan fingerprint density at radius 1 is 0.600 bits per heavy atom. The van der Waals surface area contributed by atoms with Gasteiger partial charge in [-0.25, -0.2) is 0 Å². The molecule has 0 radical (unpaired) electrons. The SMILES string of the molecule is [Al+3].[Al+3].[F-].[F-].[Li+]. The van der Waals surface area contributed by atoms with Gasteiger partial charge in [0.1, 0.15) is 0 Å². The van der Waals surface area contributed by atoms with E-state index in [1.165, 1.54) is 0 Å². The summed E-state index contributed by atoms with van der Waals surface area (Å²) < 4.78 is 0. The molecule has 0 saturated heterocycles. The van der Waals surface area contributed by atoms with Crippen molar-refractivity contribution in [2.75, 3.05) is 0 Å². The van der Waals surface area contributed by atoms with Crippen LogP contribution in [0.3, 0.4) is 0 Å². The molecule has 5 heteroatoms. The van der Waals surface area contributed by atoms with E-state index >= 15 is 0 Å². The topological polar surface area (TPSA) is 0 Å². The molecule has 0 amide bonds. The molecule has 0 N–H and O–H groups in total. The van der Waals surface area contributed by atoms with E-state index in [1.54, 1.807) is 0 Å². The van der Waals surface area contributed by atoms with Crippen LogP contribution in [0, 0.1) is 0 Å². The first kappa shape index (κ1) is 85.8. The van der Waals surface area contributed by atoms with Crippen molar-refractivity contribution in [3.05, 3.63) is 0 Å². The number of halogens is 2. The smallest absolute Gasteiger partial charge is 1.00 e. The van der Waals surface area contributed by atoms with Crippen molar-refractivity contribution in [2.24, 2.45) is 0 Å². The summed E-state index contributed by atoms with van der Waals surface area (Å²) in [6.45, 7) is 0. The number of hydrogen-bond donors (Lipinski definition) is 0. The second-order valence-electron chi connectivity index (χ2n) is 0. The molecule has 0 aromatic carbocycles. The molecule has 0 aliphatic heterocycles. The van der Waals surface area contributed by atoms with Gasteiger partial charge >= 0.3 is 53.6 Å². The molecule has 0 heterocycles. The van der Waals surface area contributed by atoms with E-state index in [-0.39, 0.29) is 63.0 Å². The van der Waals surface area contributed by atoms with Crippen LogP contribution in [0.5, 0.6) is 0 Å². The second-order valence-corrected chi connectivity index (χ2v) is 0. The third-order valence-corrected chi connectivity index (χ3v) is 0. The van der Waals surface area contributed by atoms with E-state index in [0.29, 0.717) is 0 Å². The fourth-order valence-corrected chi connectivity index (χ4v) is 0. The number of rotatable bonds is 0. The predicted octanol–water partition coefficient (Wildman–Crippen LogP) is -9.75. The molecule has 0 saturated carbocycles. The quantitative estimate of drug-likeness (QED) is 0.264. The van der Waals surface area contributed by atoms with Crippen molar-refractivity contribution in [3.8, 4) is 0 Å². The standard InChI is InChI=1S/2Al.2FH.Li/h;;2*1H;/q2*+3;;;+1/p-2. The Hall–Kier alpha value is 1.52. The van der Waals surface area contributed by atoms with Crippen molar-refractivity contribution in [3.63, 3.8) is 0 Å². The molecule has 5 heavy (non-hydrogen) atoms. The van der Waals surface area contributed by atoms with Crippen LogP contribution in [0.25, 0.3) is 0 Å². The fraction of sp³-hybridized carbons (Fsp3) is 0. The van der Waals surface area contributed by atoms with Crippen LogP contribution in [0.2, 0.25) is 0 Å². The van der Waals surface area contributed by atoms with Crippen LogP contribution in [0.4, 0.5) is 0 Å². The second kappa shape index (κ2) is 48.7. The Labute approximate surface area is 62.9 Å². The summed E-state index contributed by atoms with van der Waals surface area (Å²) in [7, 11) is 0. The van der Waals surface area contributed by atoms with E-state index in [1.807, 2.05) is 0 Å². The van der Waals surface area contributed by atoms with Gasteiger partial charge in [-0.15, -0.1) is 0 Å². The summed E-state index contributed by atoms with van der Waals surface area (Å²) >= 11 is 0. The van der Waals surface area contributed by atoms with Crippen molar-refractivity contribution in [1.29, 1.82) is 0 Å². The molecule has 0 unspecified atom stereocenters. The summed E-state index contributed by atoms with van der Waals surface area (Å²) in [4.78, 5) is 0. The summed E-state index contributed by atoms with van der Waals surface area (Å²) in [6.07, 6.45) is 0. The first-order valence-corrected chi connectivity index (χ1v) is 0. The minimum atomic E-state index is 0. The first-order valence-electron chi connectivity index (χ1n) is 0. The zero-order chi connectivity index (χ0) is 0. The third kappa shape index (κ3) is 29.6. The summed E-state index contributed by atoms with van der Waals surface area (Å²) in [5.74, 6) is 0. The van der Waals surface area contributed by atoms with Crippen LogP contribution in [-0.2, 0) is 0 Å². The average molecular weight is 98.9 g/mol. The summed E-state index contributed by atoms with van der Waals surface area (Å²) in [5.41, 5.74) is 0. The van der Waals surface area contributed by atoms with Crippen molar-refractivity contribution >= 4 is 34.7 Å². The Kier molecular flexibility index (Phi) is 837. The van der Waals surface area contributed by atoms with Gasteiger partial charge in [0.15, 0.2) is 0 Å². The Morgan fingerprint density at radius 2 is 0.600 bits per heavy atom. The molecule has 0 aromatic rings. The van der Waals surface area contributed by atoms with E-state index < -0.39 is 0 Å². The Bertz CT molecular complexity index is 7.61. The minimum Gasteiger partial charge on any atom is -1.00 e. The zero-order valence-corrected chi connectivity index (χ0v) is 5.22. The van der Waals surface area contributed by atoms with Crippen LogP contribution < -0.4 is 28.3 Å². The minimum absolute atomic E-state index is 0. The van der Waals surface area contributed by atoms with Crippen molar-refractivity contribution < 1.29 is 28.3 Å². The Balaban J connectivity index is 0. The molecule has 0 nitrogen and oxygen atoms in total. The first-order chi connectivity index (χ1) is 0. The number of hydrogen-bond acceptors (Lipinski definition) is 0. The molecular formula is Al2F2Li+5. The maximum absolute atomic E-state index is 0. The molecule has 16 valence electrons. The van der Waals surface area contributed by atoms with Gasteiger partial charge in [0.05, 0.1) is 0 Å². The molecule has 0 rings (SSSR count). The molecular weight excluding hydrogens is 98.9 g/mol. The molecule has 0 aliphatic rings. The molecule has 0 bridgehead atoms. The van der Waals surface area contributed by atoms with Crippen LogP contribution in [-0.4, -0.2) is 34.7 Å². The van der Waals surface area contributed by atoms with Gasteiger partial charge < -0.3 is 9.41 Å². The van der Waals surface area contributed by atoms with Crippen LogP contribution >= 0.6 is 0 Å². The molecule has 0 spiro atoms. The van der Waals surface area contributed by atoms with E-state index in [2.05, 4.69) is 0 Å². The maximum Gasteiger partial charge on any atom is 3.00 e. The van der Waals surface area contributed by atoms with Crippen LogP contribution in [0.15, 0.2) is 0 Å². The van der Waals surface area contributed by atoms with Crippen molar-refractivity contribution in [1.82, 2.24) is 0 Å². The summed E-state index contributed by atoms with van der Waals surface area (Å²) in [6, 6.07) is 0. The fourth-order valence-electron chi connectivity index (χ4n) is 0. The normalized spacial score (nSPS) is 0.